The molecular formula is C9H11ClN4O. The van der Waals surface area contributed by atoms with Gasteiger partial charge in [0, 0.05) is 0 Å². The molecule has 0 spiro atoms. The Morgan fingerprint density at radius 3 is 2.67 bits per heavy atom. The lowest BCUT2D eigenvalue weighted by Crippen LogP contribution is -2.48. The minimum Gasteiger partial charge on any atom is -0.354 e. The van der Waals surface area contributed by atoms with Gasteiger partial charge in [0.05, 0.1) is 5.69 Å². The molecule has 0 saturated carbocycles. The summed E-state index contributed by atoms with van der Waals surface area (Å²) in [7, 11) is 0. The molecule has 80 valence electrons. The summed E-state index contributed by atoms with van der Waals surface area (Å²) in [5.41, 5.74) is 0.571. The molecule has 15 heavy (non-hydrogen) atoms. The van der Waals surface area contributed by atoms with Crippen LogP contribution in [0.2, 0.25) is 5.28 Å². The molecule has 0 bridgehead atoms. The average Bonchev–Trinajstić information content (AvgIpc) is 2.08. The predicted molar refractivity (Wildman–Crippen MR) is 58.1 cm³/mol. The van der Waals surface area contributed by atoms with E-state index in [1.807, 2.05) is 0 Å². The molecule has 0 saturated heterocycles. The van der Waals surface area contributed by atoms with E-state index in [4.69, 9.17) is 11.6 Å². The molecule has 2 rings (SSSR count). The molecule has 2 N–H and O–H groups in total. The van der Waals surface area contributed by atoms with Crippen LogP contribution in [0, 0.1) is 6.92 Å². The second kappa shape index (κ2) is 3.06. The van der Waals surface area contributed by atoms with E-state index in [2.05, 4.69) is 20.6 Å². The summed E-state index contributed by atoms with van der Waals surface area (Å²) in [6, 6.07) is 0. The minimum absolute atomic E-state index is 0.107. The summed E-state index contributed by atoms with van der Waals surface area (Å²) in [6.45, 7) is 5.32. The van der Waals surface area contributed by atoms with Crippen LogP contribution < -0.4 is 10.6 Å². The molecule has 0 aromatic carbocycles. The van der Waals surface area contributed by atoms with Crippen molar-refractivity contribution in [2.24, 2.45) is 0 Å². The highest BCUT2D eigenvalue weighted by atomic mass is 35.5. The standard InChI is InChI=1S/C9H11ClN4O/c1-4-5-6(13-8(10)11-4)14-9(2,3)7(15)12-5/h1-3H3,(H,12,15)(H,11,13,14). The molecule has 0 radical (unpaired) electrons. The molecule has 1 aromatic rings. The summed E-state index contributed by atoms with van der Waals surface area (Å²) in [4.78, 5) is 19.7. The Bertz CT molecular complexity index is 444. The molecule has 1 aliphatic rings. The summed E-state index contributed by atoms with van der Waals surface area (Å²) in [6.07, 6.45) is 0. The van der Waals surface area contributed by atoms with Gasteiger partial charge in [-0.25, -0.2) is 4.98 Å². The zero-order valence-electron chi connectivity index (χ0n) is 8.68. The molecule has 1 aliphatic heterocycles. The fourth-order valence-electron chi connectivity index (χ4n) is 1.40. The van der Waals surface area contributed by atoms with Gasteiger partial charge in [-0.05, 0) is 32.4 Å². The van der Waals surface area contributed by atoms with Crippen molar-refractivity contribution in [3.8, 4) is 0 Å². The maximum Gasteiger partial charge on any atom is 0.249 e. The number of nitrogens with zero attached hydrogens (tertiary/aromatic N) is 2. The number of halogens is 1. The van der Waals surface area contributed by atoms with Gasteiger partial charge >= 0.3 is 0 Å². The number of rotatable bonds is 0. The third kappa shape index (κ3) is 1.63. The summed E-state index contributed by atoms with van der Waals surface area (Å²) in [5.74, 6) is 0.459. The van der Waals surface area contributed by atoms with Gasteiger partial charge in [-0.1, -0.05) is 0 Å². The van der Waals surface area contributed by atoms with E-state index in [1.165, 1.54) is 0 Å². The number of hydrogen-bond donors (Lipinski definition) is 2. The topological polar surface area (TPSA) is 66.9 Å². The molecule has 6 heteroatoms. The van der Waals surface area contributed by atoms with Crippen LogP contribution in [0.3, 0.4) is 0 Å². The van der Waals surface area contributed by atoms with Crippen LogP contribution in [0.5, 0.6) is 0 Å². The van der Waals surface area contributed by atoms with Crippen molar-refractivity contribution in [2.75, 3.05) is 10.6 Å². The maximum atomic E-state index is 11.7. The number of amides is 1. The molecule has 0 atom stereocenters. The number of aromatic nitrogens is 2. The van der Waals surface area contributed by atoms with Gasteiger partial charge in [0.2, 0.25) is 11.2 Å². The maximum absolute atomic E-state index is 11.7. The van der Waals surface area contributed by atoms with Crippen molar-refractivity contribution >= 4 is 29.0 Å². The highest BCUT2D eigenvalue weighted by Gasteiger charge is 2.34. The first kappa shape index (κ1) is 10.2. The number of hydrogen-bond acceptors (Lipinski definition) is 4. The molecular weight excluding hydrogens is 216 g/mol. The average molecular weight is 227 g/mol. The summed E-state index contributed by atoms with van der Waals surface area (Å²) < 4.78 is 0. The highest BCUT2D eigenvalue weighted by molar-refractivity contribution is 6.28. The first-order valence-electron chi connectivity index (χ1n) is 4.54. The van der Waals surface area contributed by atoms with Gasteiger partial charge in [-0.2, -0.15) is 4.98 Å². The third-order valence-corrected chi connectivity index (χ3v) is 2.47. The van der Waals surface area contributed by atoms with E-state index in [1.54, 1.807) is 20.8 Å². The number of fused-ring (bicyclic) bond motifs is 1. The molecule has 1 aromatic heterocycles. The highest BCUT2D eigenvalue weighted by Crippen LogP contribution is 2.31. The Labute approximate surface area is 92.3 Å². The Hall–Kier alpha value is -1.36. The van der Waals surface area contributed by atoms with Crippen molar-refractivity contribution in [2.45, 2.75) is 26.3 Å². The van der Waals surface area contributed by atoms with Gasteiger partial charge in [0.15, 0.2) is 5.82 Å². The van der Waals surface area contributed by atoms with Crippen LogP contribution in [-0.2, 0) is 4.79 Å². The van der Waals surface area contributed by atoms with E-state index in [0.717, 1.165) is 0 Å². The Balaban J connectivity index is 2.55. The van der Waals surface area contributed by atoms with Gasteiger partial charge in [0.1, 0.15) is 11.2 Å². The monoisotopic (exact) mass is 226 g/mol. The van der Waals surface area contributed by atoms with Crippen LogP contribution in [-0.4, -0.2) is 21.4 Å². The quantitative estimate of drug-likeness (QED) is 0.660. The van der Waals surface area contributed by atoms with Crippen molar-refractivity contribution in [3.05, 3.63) is 11.0 Å². The van der Waals surface area contributed by atoms with E-state index in [9.17, 15) is 4.79 Å². The lowest BCUT2D eigenvalue weighted by atomic mass is 10.0. The molecule has 1 amide bonds. The number of anilines is 2. The summed E-state index contributed by atoms with van der Waals surface area (Å²) >= 11 is 5.74. The van der Waals surface area contributed by atoms with Crippen LogP contribution in [0.1, 0.15) is 19.5 Å². The van der Waals surface area contributed by atoms with E-state index < -0.39 is 5.54 Å². The Morgan fingerprint density at radius 2 is 2.00 bits per heavy atom. The first-order valence-corrected chi connectivity index (χ1v) is 4.92. The van der Waals surface area contributed by atoms with Crippen molar-refractivity contribution < 1.29 is 4.79 Å². The number of aryl methyl sites for hydroxylation is 1. The van der Waals surface area contributed by atoms with Crippen molar-refractivity contribution in [1.82, 2.24) is 9.97 Å². The van der Waals surface area contributed by atoms with Gasteiger partial charge < -0.3 is 10.6 Å². The van der Waals surface area contributed by atoms with E-state index >= 15 is 0 Å². The molecule has 5 nitrogen and oxygen atoms in total. The Morgan fingerprint density at radius 1 is 1.33 bits per heavy atom. The number of carbonyl (C=O) groups is 1. The SMILES string of the molecule is Cc1nc(Cl)nc2c1NC(=O)C(C)(C)N2. The van der Waals surface area contributed by atoms with Crippen LogP contribution in [0.15, 0.2) is 0 Å². The zero-order chi connectivity index (χ0) is 11.2. The smallest absolute Gasteiger partial charge is 0.249 e. The third-order valence-electron chi connectivity index (χ3n) is 2.30. The predicted octanol–water partition coefficient (Wildman–Crippen LogP) is 1.58. The largest absolute Gasteiger partial charge is 0.354 e. The lowest BCUT2D eigenvalue weighted by Gasteiger charge is -2.32. The summed E-state index contributed by atoms with van der Waals surface area (Å²) in [5, 5.41) is 5.95. The van der Waals surface area contributed by atoms with E-state index in [-0.39, 0.29) is 11.2 Å². The zero-order valence-corrected chi connectivity index (χ0v) is 9.44. The lowest BCUT2D eigenvalue weighted by molar-refractivity contribution is -0.119. The Kier molecular flexibility index (Phi) is 2.08. The fourth-order valence-corrected chi connectivity index (χ4v) is 1.61. The first-order chi connectivity index (χ1) is 6.90. The van der Waals surface area contributed by atoms with Crippen molar-refractivity contribution in [3.63, 3.8) is 0 Å². The number of carbonyl (C=O) groups excluding carboxylic acids is 1. The second-order valence-corrected chi connectivity index (χ2v) is 4.34. The van der Waals surface area contributed by atoms with Crippen LogP contribution in [0.25, 0.3) is 0 Å². The molecule has 2 heterocycles. The van der Waals surface area contributed by atoms with Gasteiger partial charge in [-0.15, -0.1) is 0 Å². The van der Waals surface area contributed by atoms with Crippen LogP contribution in [0.4, 0.5) is 11.5 Å². The van der Waals surface area contributed by atoms with Gasteiger partial charge in [-0.3, -0.25) is 4.79 Å². The van der Waals surface area contributed by atoms with Crippen LogP contribution >= 0.6 is 11.6 Å². The number of nitrogens with one attached hydrogen (secondary N) is 2. The van der Waals surface area contributed by atoms with Crippen molar-refractivity contribution in [1.29, 1.82) is 0 Å². The van der Waals surface area contributed by atoms with E-state index in [0.29, 0.717) is 17.2 Å². The van der Waals surface area contributed by atoms with Gasteiger partial charge in [0.25, 0.3) is 0 Å². The minimum atomic E-state index is -0.683. The second-order valence-electron chi connectivity index (χ2n) is 4.01. The molecule has 0 unspecified atom stereocenters. The molecule has 0 aliphatic carbocycles. The normalized spacial score (nSPS) is 17.7. The fraction of sp³-hybridized carbons (Fsp3) is 0.444. The molecule has 0 fully saturated rings.